The second-order valence-corrected chi connectivity index (χ2v) is 8.49. The summed E-state index contributed by atoms with van der Waals surface area (Å²) in [5, 5.41) is 11.2. The predicted octanol–water partition coefficient (Wildman–Crippen LogP) is 5.48. The lowest BCUT2D eigenvalue weighted by atomic mass is 9.91. The van der Waals surface area contributed by atoms with E-state index in [-0.39, 0.29) is 17.9 Å². The molecule has 0 amide bonds. The molecule has 9 heteroatoms. The van der Waals surface area contributed by atoms with E-state index in [1.807, 2.05) is 6.07 Å². The van der Waals surface area contributed by atoms with E-state index in [0.29, 0.717) is 25.7 Å². The second kappa shape index (κ2) is 8.22. The first-order valence-electron chi connectivity index (χ1n) is 9.83. The van der Waals surface area contributed by atoms with Gasteiger partial charge in [0.25, 0.3) is 0 Å². The molecule has 0 unspecified atom stereocenters. The number of halogens is 6. The summed E-state index contributed by atoms with van der Waals surface area (Å²) in [5.74, 6) is -5.06. The van der Waals surface area contributed by atoms with Crippen molar-refractivity contribution in [3.05, 3.63) is 35.6 Å². The Labute approximate surface area is 170 Å². The molecule has 30 heavy (non-hydrogen) atoms. The Morgan fingerprint density at radius 2 is 1.77 bits per heavy atom. The Balaban J connectivity index is 1.83. The summed E-state index contributed by atoms with van der Waals surface area (Å²) in [7, 11) is 0. The van der Waals surface area contributed by atoms with Crippen LogP contribution < -0.4 is 5.32 Å². The van der Waals surface area contributed by atoms with Crippen molar-refractivity contribution in [2.75, 3.05) is 0 Å². The van der Waals surface area contributed by atoms with Gasteiger partial charge >= 0.3 is 6.18 Å². The van der Waals surface area contributed by atoms with Crippen molar-refractivity contribution in [1.29, 1.82) is 5.26 Å². The molecule has 164 valence electrons. The summed E-state index contributed by atoms with van der Waals surface area (Å²) in [6.45, 7) is 0. The number of hydrogen-bond donors (Lipinski definition) is 1. The summed E-state index contributed by atoms with van der Waals surface area (Å²) in [4.78, 5) is 12.7. The average Bonchev–Trinajstić information content (AvgIpc) is 3.56. The van der Waals surface area contributed by atoms with Gasteiger partial charge in [-0.3, -0.25) is 10.1 Å². The third-order valence-corrected chi connectivity index (χ3v) is 5.68. The fourth-order valence-electron chi connectivity index (χ4n) is 3.56. The van der Waals surface area contributed by atoms with Crippen molar-refractivity contribution in [1.82, 2.24) is 5.32 Å². The number of nitrogens with zero attached hydrogens (tertiary/aromatic N) is 1. The number of Topliss-reactive ketones (excluding diaryl/α,β-unsaturated/α-hetero) is 1. The molecule has 1 aromatic carbocycles. The van der Waals surface area contributed by atoms with Gasteiger partial charge in [0.1, 0.15) is 11.9 Å². The zero-order chi connectivity index (χ0) is 22.2. The van der Waals surface area contributed by atoms with Crippen LogP contribution in [-0.2, 0) is 4.79 Å². The van der Waals surface area contributed by atoms with Crippen molar-refractivity contribution in [2.45, 2.75) is 69.1 Å². The maximum absolute atomic E-state index is 14.5. The third-order valence-electron chi connectivity index (χ3n) is 5.68. The molecule has 0 aromatic heterocycles. The van der Waals surface area contributed by atoms with Gasteiger partial charge in [0, 0.05) is 19.3 Å². The number of hydrogen-bond acceptors (Lipinski definition) is 3. The predicted molar refractivity (Wildman–Crippen MR) is 95.9 cm³/mol. The Bertz CT molecular complexity index is 806. The molecule has 2 atom stereocenters. The maximum atomic E-state index is 14.5. The first-order valence-corrected chi connectivity index (χ1v) is 9.83. The Morgan fingerprint density at radius 3 is 2.23 bits per heavy atom. The minimum atomic E-state index is -4.89. The van der Waals surface area contributed by atoms with Crippen LogP contribution >= 0.6 is 0 Å². The molecule has 0 heterocycles. The van der Waals surface area contributed by atoms with Crippen LogP contribution in [0, 0.1) is 28.5 Å². The number of carbonyl (C=O) groups is 1. The van der Waals surface area contributed by atoms with Crippen molar-refractivity contribution in [2.24, 2.45) is 11.3 Å². The van der Waals surface area contributed by atoms with Crippen LogP contribution in [0.3, 0.4) is 0 Å². The highest BCUT2D eigenvalue weighted by Crippen LogP contribution is 2.49. The summed E-state index contributed by atoms with van der Waals surface area (Å²) in [5.41, 5.74) is -1.35. The van der Waals surface area contributed by atoms with Crippen LogP contribution in [0.25, 0.3) is 0 Å². The Kier molecular flexibility index (Phi) is 6.19. The molecule has 3 nitrogen and oxygen atoms in total. The van der Waals surface area contributed by atoms with Gasteiger partial charge in [0.05, 0.1) is 17.5 Å². The van der Waals surface area contributed by atoms with E-state index in [4.69, 9.17) is 0 Å². The van der Waals surface area contributed by atoms with Gasteiger partial charge in [-0.1, -0.05) is 12.1 Å². The number of alkyl halides is 5. The van der Waals surface area contributed by atoms with Crippen LogP contribution in [0.1, 0.15) is 56.6 Å². The lowest BCUT2D eigenvalue weighted by Gasteiger charge is -2.30. The van der Waals surface area contributed by atoms with Gasteiger partial charge < -0.3 is 0 Å². The molecular weight excluding hydrogens is 410 g/mol. The quantitative estimate of drug-likeness (QED) is 0.499. The van der Waals surface area contributed by atoms with Gasteiger partial charge in [-0.2, -0.15) is 18.4 Å². The van der Waals surface area contributed by atoms with E-state index < -0.39 is 54.0 Å². The normalized spacial score (nSPS) is 20.3. The maximum Gasteiger partial charge on any atom is 0.407 e. The molecule has 2 saturated carbocycles. The number of benzene rings is 1. The number of rotatable bonds is 10. The first-order chi connectivity index (χ1) is 13.9. The fraction of sp³-hybridized carbons (Fsp3) is 0.619. The van der Waals surface area contributed by atoms with E-state index >= 15 is 0 Å². The van der Waals surface area contributed by atoms with Gasteiger partial charge in [-0.05, 0) is 49.3 Å². The zero-order valence-corrected chi connectivity index (χ0v) is 16.1. The number of nitriles is 1. The molecular formula is C21H22F6N2O. The van der Waals surface area contributed by atoms with E-state index in [9.17, 15) is 36.4 Å². The number of ketones is 1. The van der Waals surface area contributed by atoms with Crippen LogP contribution in [0.5, 0.6) is 0 Å². The molecule has 0 aliphatic heterocycles. The summed E-state index contributed by atoms with van der Waals surface area (Å²) in [6.07, 6.45) is -4.70. The first kappa shape index (κ1) is 22.6. The monoisotopic (exact) mass is 432 g/mol. The molecule has 2 fully saturated rings. The van der Waals surface area contributed by atoms with E-state index in [1.165, 1.54) is 0 Å². The van der Waals surface area contributed by atoms with Gasteiger partial charge in [0.15, 0.2) is 5.78 Å². The topological polar surface area (TPSA) is 52.9 Å². The standard InChI is InChI=1S/C21H22F6N2O/c22-15-5-3-14(4-6-15)18(21(25,26)27)29-16(10-20(23,24)9-13-1-2-13)17(30)11-19(12-28)7-8-19/h3-6,13,16,18,29H,1-2,7-11H2/t16-,18-/m0/s1. The van der Waals surface area contributed by atoms with E-state index in [2.05, 4.69) is 5.32 Å². The lowest BCUT2D eigenvalue weighted by molar-refractivity contribution is -0.163. The van der Waals surface area contributed by atoms with Crippen LogP contribution in [0.4, 0.5) is 26.3 Å². The molecule has 0 spiro atoms. The highest BCUT2D eigenvalue weighted by molar-refractivity contribution is 5.85. The van der Waals surface area contributed by atoms with Crippen molar-refractivity contribution in [3.63, 3.8) is 0 Å². The smallest absolute Gasteiger partial charge is 0.298 e. The molecule has 2 aliphatic rings. The Morgan fingerprint density at radius 1 is 1.17 bits per heavy atom. The highest BCUT2D eigenvalue weighted by Gasteiger charge is 2.50. The van der Waals surface area contributed by atoms with E-state index in [1.54, 1.807) is 0 Å². The SMILES string of the molecule is N#CC1(CC(=O)[C@H](CC(F)(F)CC2CC2)N[C@@H](c2ccc(F)cc2)C(F)(F)F)CC1. The largest absolute Gasteiger partial charge is 0.407 e. The van der Waals surface area contributed by atoms with Crippen molar-refractivity contribution in [3.8, 4) is 6.07 Å². The van der Waals surface area contributed by atoms with Crippen molar-refractivity contribution >= 4 is 5.78 Å². The fourth-order valence-corrected chi connectivity index (χ4v) is 3.56. The summed E-state index contributed by atoms with van der Waals surface area (Å²) >= 11 is 0. The van der Waals surface area contributed by atoms with Gasteiger partial charge in [-0.25, -0.2) is 13.2 Å². The van der Waals surface area contributed by atoms with E-state index in [0.717, 1.165) is 24.3 Å². The van der Waals surface area contributed by atoms with Crippen molar-refractivity contribution < 1.29 is 31.1 Å². The second-order valence-electron chi connectivity index (χ2n) is 8.49. The summed E-state index contributed by atoms with van der Waals surface area (Å²) in [6, 6.07) is 1.25. The highest BCUT2D eigenvalue weighted by atomic mass is 19.4. The van der Waals surface area contributed by atoms with Crippen LogP contribution in [0.15, 0.2) is 24.3 Å². The molecule has 3 rings (SSSR count). The third kappa shape index (κ3) is 5.97. The average molecular weight is 432 g/mol. The Hall–Kier alpha value is -2.08. The minimum absolute atomic E-state index is 0.180. The molecule has 0 saturated heterocycles. The van der Waals surface area contributed by atoms with Crippen LogP contribution in [-0.4, -0.2) is 23.9 Å². The molecule has 1 N–H and O–H groups in total. The molecule has 1 aromatic rings. The summed E-state index contributed by atoms with van der Waals surface area (Å²) < 4.78 is 83.1. The number of carbonyl (C=O) groups excluding carboxylic acids is 1. The zero-order valence-electron chi connectivity index (χ0n) is 16.1. The molecule has 2 aliphatic carbocycles. The van der Waals surface area contributed by atoms with Gasteiger partial charge in [-0.15, -0.1) is 0 Å². The van der Waals surface area contributed by atoms with Crippen LogP contribution in [0.2, 0.25) is 0 Å². The van der Waals surface area contributed by atoms with Gasteiger partial charge in [0.2, 0.25) is 5.92 Å². The molecule has 0 radical (unpaired) electrons. The molecule has 0 bridgehead atoms. The lowest BCUT2D eigenvalue weighted by Crippen LogP contribution is -2.47. The minimum Gasteiger partial charge on any atom is -0.298 e. The number of nitrogens with one attached hydrogen (secondary N) is 1.